The van der Waals surface area contributed by atoms with Crippen molar-refractivity contribution in [2.24, 2.45) is 0 Å². The smallest absolute Gasteiger partial charge is 0.253 e. The Morgan fingerprint density at radius 3 is 3.00 bits per heavy atom. The Morgan fingerprint density at radius 2 is 2.21 bits per heavy atom. The van der Waals surface area contributed by atoms with E-state index in [0.717, 1.165) is 25.9 Å². The summed E-state index contributed by atoms with van der Waals surface area (Å²) in [6.45, 7) is 2.34. The molecule has 19 heavy (non-hydrogen) atoms. The molecule has 1 fully saturated rings. The van der Waals surface area contributed by atoms with Crippen LogP contribution in [-0.4, -0.2) is 39.3 Å². The zero-order valence-corrected chi connectivity index (χ0v) is 10.5. The standard InChI is InChI=1S/C12H15N5O2/c1-3-13-4-2-9(1)18-8-11-16-12(17-19-11)10-7-14-5-6-15-10/h5-7,9,13H,1-4,8H2. The Kier molecular flexibility index (Phi) is 3.75. The van der Waals surface area contributed by atoms with Crippen LogP contribution in [0, 0.1) is 0 Å². The lowest BCUT2D eigenvalue weighted by Gasteiger charge is -2.21. The van der Waals surface area contributed by atoms with E-state index < -0.39 is 0 Å². The predicted octanol–water partition coefficient (Wildman–Crippen LogP) is 0.795. The number of piperidine rings is 1. The molecule has 2 aromatic heterocycles. The molecule has 0 spiro atoms. The van der Waals surface area contributed by atoms with Crippen LogP contribution in [0.5, 0.6) is 0 Å². The molecule has 7 heteroatoms. The van der Waals surface area contributed by atoms with Crippen molar-refractivity contribution >= 4 is 0 Å². The van der Waals surface area contributed by atoms with E-state index in [9.17, 15) is 0 Å². The first-order chi connectivity index (χ1) is 9.42. The van der Waals surface area contributed by atoms with Crippen LogP contribution in [0.15, 0.2) is 23.1 Å². The summed E-state index contributed by atoms with van der Waals surface area (Å²) in [5.74, 6) is 0.913. The van der Waals surface area contributed by atoms with Crippen LogP contribution in [0.2, 0.25) is 0 Å². The molecule has 7 nitrogen and oxygen atoms in total. The third-order valence-corrected chi connectivity index (χ3v) is 2.99. The summed E-state index contributed by atoms with van der Waals surface area (Å²) in [4.78, 5) is 12.3. The highest BCUT2D eigenvalue weighted by atomic mass is 16.5. The maximum atomic E-state index is 5.75. The second-order valence-electron chi connectivity index (χ2n) is 4.36. The molecule has 0 radical (unpaired) electrons. The van der Waals surface area contributed by atoms with Crippen molar-refractivity contribution in [3.63, 3.8) is 0 Å². The number of rotatable bonds is 4. The van der Waals surface area contributed by atoms with Gasteiger partial charge in [-0.1, -0.05) is 5.16 Å². The molecule has 0 bridgehead atoms. The lowest BCUT2D eigenvalue weighted by molar-refractivity contribution is 0.00859. The van der Waals surface area contributed by atoms with Crippen LogP contribution < -0.4 is 5.32 Å². The Bertz CT molecular complexity index is 510. The van der Waals surface area contributed by atoms with Gasteiger partial charge in [0.25, 0.3) is 5.89 Å². The van der Waals surface area contributed by atoms with Gasteiger partial charge in [-0.3, -0.25) is 4.98 Å². The highest BCUT2D eigenvalue weighted by Crippen LogP contribution is 2.13. The minimum Gasteiger partial charge on any atom is -0.368 e. The molecule has 0 aromatic carbocycles. The minimum atomic E-state index is 0.271. The van der Waals surface area contributed by atoms with Crippen LogP contribution in [0.3, 0.4) is 0 Å². The van der Waals surface area contributed by atoms with Crippen molar-refractivity contribution < 1.29 is 9.26 Å². The Morgan fingerprint density at radius 1 is 1.32 bits per heavy atom. The third kappa shape index (κ3) is 3.12. The fourth-order valence-corrected chi connectivity index (χ4v) is 1.98. The summed E-state index contributed by atoms with van der Waals surface area (Å²) in [7, 11) is 0. The van der Waals surface area contributed by atoms with Crippen LogP contribution in [-0.2, 0) is 11.3 Å². The molecule has 1 N–H and O–H groups in total. The van der Waals surface area contributed by atoms with E-state index in [4.69, 9.17) is 9.26 Å². The Labute approximate surface area is 110 Å². The van der Waals surface area contributed by atoms with Crippen molar-refractivity contribution in [1.82, 2.24) is 25.4 Å². The maximum absolute atomic E-state index is 5.75. The number of ether oxygens (including phenoxy) is 1. The maximum Gasteiger partial charge on any atom is 0.253 e. The highest BCUT2D eigenvalue weighted by Gasteiger charge is 2.15. The van der Waals surface area contributed by atoms with E-state index in [0.29, 0.717) is 24.0 Å². The summed E-state index contributed by atoms with van der Waals surface area (Å²) < 4.78 is 10.9. The third-order valence-electron chi connectivity index (χ3n) is 2.99. The van der Waals surface area contributed by atoms with Crippen molar-refractivity contribution in [3.8, 4) is 11.5 Å². The SMILES string of the molecule is c1cnc(-c2noc(COC3CCNCC3)n2)cn1. The van der Waals surface area contributed by atoms with Crippen LogP contribution >= 0.6 is 0 Å². The molecule has 3 heterocycles. The van der Waals surface area contributed by atoms with Crippen molar-refractivity contribution in [3.05, 3.63) is 24.5 Å². The fourth-order valence-electron chi connectivity index (χ4n) is 1.98. The highest BCUT2D eigenvalue weighted by molar-refractivity contribution is 5.45. The lowest BCUT2D eigenvalue weighted by atomic mass is 10.1. The first-order valence-corrected chi connectivity index (χ1v) is 6.33. The number of hydrogen-bond acceptors (Lipinski definition) is 7. The molecule has 0 amide bonds. The Balaban J connectivity index is 1.59. The first kappa shape index (κ1) is 12.2. The van der Waals surface area contributed by atoms with Gasteiger partial charge in [-0.25, -0.2) is 4.98 Å². The van der Waals surface area contributed by atoms with Gasteiger partial charge in [0.15, 0.2) is 0 Å². The predicted molar refractivity (Wildman–Crippen MR) is 66.0 cm³/mol. The van der Waals surface area contributed by atoms with E-state index in [-0.39, 0.29) is 6.10 Å². The summed E-state index contributed by atoms with van der Waals surface area (Å²) in [6.07, 6.45) is 7.10. The van der Waals surface area contributed by atoms with E-state index in [2.05, 4.69) is 25.4 Å². The van der Waals surface area contributed by atoms with E-state index >= 15 is 0 Å². The molecule has 1 saturated heterocycles. The average molecular weight is 261 g/mol. The van der Waals surface area contributed by atoms with E-state index in [1.807, 2.05) is 0 Å². The molecule has 100 valence electrons. The minimum absolute atomic E-state index is 0.271. The molecular weight excluding hydrogens is 246 g/mol. The molecule has 0 saturated carbocycles. The molecular formula is C12H15N5O2. The van der Waals surface area contributed by atoms with Gasteiger partial charge in [0.1, 0.15) is 12.3 Å². The van der Waals surface area contributed by atoms with Gasteiger partial charge in [0.05, 0.1) is 12.3 Å². The number of nitrogens with one attached hydrogen (secondary N) is 1. The van der Waals surface area contributed by atoms with Crippen molar-refractivity contribution in [1.29, 1.82) is 0 Å². The summed E-state index contributed by atoms with van der Waals surface area (Å²) in [5.41, 5.74) is 0.597. The van der Waals surface area contributed by atoms with E-state index in [1.165, 1.54) is 0 Å². The second kappa shape index (κ2) is 5.85. The summed E-state index contributed by atoms with van der Waals surface area (Å²) >= 11 is 0. The van der Waals surface area contributed by atoms with Crippen LogP contribution in [0.25, 0.3) is 11.5 Å². The van der Waals surface area contributed by atoms with Crippen molar-refractivity contribution in [2.75, 3.05) is 13.1 Å². The number of aromatic nitrogens is 4. The fraction of sp³-hybridized carbons (Fsp3) is 0.500. The van der Waals surface area contributed by atoms with Gasteiger partial charge in [-0.15, -0.1) is 0 Å². The number of nitrogens with zero attached hydrogens (tertiary/aromatic N) is 4. The van der Waals surface area contributed by atoms with E-state index in [1.54, 1.807) is 18.6 Å². The number of hydrogen-bond donors (Lipinski definition) is 1. The van der Waals surface area contributed by atoms with Gasteiger partial charge < -0.3 is 14.6 Å². The van der Waals surface area contributed by atoms with Crippen LogP contribution in [0.4, 0.5) is 0 Å². The van der Waals surface area contributed by atoms with Gasteiger partial charge >= 0.3 is 0 Å². The molecule has 1 aliphatic heterocycles. The Hall–Kier alpha value is -1.86. The van der Waals surface area contributed by atoms with Gasteiger partial charge in [0.2, 0.25) is 5.82 Å². The molecule has 2 aromatic rings. The molecule has 3 rings (SSSR count). The first-order valence-electron chi connectivity index (χ1n) is 6.33. The zero-order valence-electron chi connectivity index (χ0n) is 10.5. The largest absolute Gasteiger partial charge is 0.368 e. The quantitative estimate of drug-likeness (QED) is 0.870. The molecule has 0 unspecified atom stereocenters. The van der Waals surface area contributed by atoms with Gasteiger partial charge in [0, 0.05) is 12.4 Å². The normalized spacial score (nSPS) is 16.6. The average Bonchev–Trinajstić information content (AvgIpc) is 2.96. The molecule has 1 aliphatic rings. The van der Waals surface area contributed by atoms with Gasteiger partial charge in [-0.2, -0.15) is 4.98 Å². The second-order valence-corrected chi connectivity index (χ2v) is 4.36. The zero-order chi connectivity index (χ0) is 12.9. The molecule has 0 atom stereocenters. The summed E-state index contributed by atoms with van der Waals surface area (Å²) in [6, 6.07) is 0. The summed E-state index contributed by atoms with van der Waals surface area (Å²) in [5, 5.41) is 7.16. The topological polar surface area (TPSA) is 86.0 Å². The van der Waals surface area contributed by atoms with Crippen LogP contribution in [0.1, 0.15) is 18.7 Å². The molecule has 0 aliphatic carbocycles. The van der Waals surface area contributed by atoms with Crippen molar-refractivity contribution in [2.45, 2.75) is 25.6 Å². The lowest BCUT2D eigenvalue weighted by Crippen LogP contribution is -2.32. The van der Waals surface area contributed by atoms with Gasteiger partial charge in [-0.05, 0) is 25.9 Å². The monoisotopic (exact) mass is 261 g/mol.